The fourth-order valence-electron chi connectivity index (χ4n) is 3.40. The second-order valence-electron chi connectivity index (χ2n) is 7.45. The molecule has 6 nitrogen and oxygen atoms in total. The third-order valence-corrected chi connectivity index (χ3v) is 4.92. The van der Waals surface area contributed by atoms with Crippen LogP contribution in [0.15, 0.2) is 0 Å². The van der Waals surface area contributed by atoms with Gasteiger partial charge in [0.25, 0.3) is 0 Å². The molecule has 2 aliphatic rings. The van der Waals surface area contributed by atoms with Crippen molar-refractivity contribution in [3.63, 3.8) is 0 Å². The van der Waals surface area contributed by atoms with Crippen LogP contribution in [0.3, 0.4) is 0 Å². The van der Waals surface area contributed by atoms with Crippen LogP contribution in [-0.4, -0.2) is 66.0 Å². The Morgan fingerprint density at radius 1 is 0.913 bits per heavy atom. The number of carbonyl (C=O) groups excluding carboxylic acids is 2. The van der Waals surface area contributed by atoms with Gasteiger partial charge >= 0.3 is 6.03 Å². The molecule has 0 aromatic carbocycles. The van der Waals surface area contributed by atoms with E-state index in [2.05, 4.69) is 29.4 Å². The second-order valence-corrected chi connectivity index (χ2v) is 7.45. The third-order valence-electron chi connectivity index (χ3n) is 4.92. The van der Waals surface area contributed by atoms with E-state index in [1.54, 1.807) is 0 Å². The van der Waals surface area contributed by atoms with E-state index in [9.17, 15) is 9.59 Å². The van der Waals surface area contributed by atoms with E-state index < -0.39 is 0 Å². The van der Waals surface area contributed by atoms with E-state index in [-0.39, 0.29) is 29.9 Å². The van der Waals surface area contributed by atoms with Crippen molar-refractivity contribution in [1.82, 2.24) is 20.4 Å². The van der Waals surface area contributed by atoms with Crippen molar-refractivity contribution in [2.45, 2.75) is 65.1 Å². The highest BCUT2D eigenvalue weighted by Crippen LogP contribution is 2.14. The predicted molar refractivity (Wildman–Crippen MR) is 91.2 cm³/mol. The van der Waals surface area contributed by atoms with Gasteiger partial charge in [-0.2, -0.15) is 0 Å². The molecule has 132 valence electrons. The number of urea groups is 1. The summed E-state index contributed by atoms with van der Waals surface area (Å²) in [6, 6.07) is 0.899. The number of nitrogens with one attached hydrogen (secondary N) is 2. The molecule has 0 unspecified atom stereocenters. The van der Waals surface area contributed by atoms with Crippen LogP contribution in [-0.2, 0) is 4.79 Å². The minimum Gasteiger partial charge on any atom is -0.342 e. The summed E-state index contributed by atoms with van der Waals surface area (Å²) in [5, 5.41) is 6.16. The average Bonchev–Trinajstić information content (AvgIpc) is 2.95. The Labute approximate surface area is 140 Å². The number of likely N-dealkylation sites (tertiary alicyclic amines) is 2. The van der Waals surface area contributed by atoms with E-state index in [4.69, 9.17) is 0 Å². The molecule has 6 heteroatoms. The van der Waals surface area contributed by atoms with Crippen molar-refractivity contribution in [3.05, 3.63) is 0 Å². The Morgan fingerprint density at radius 3 is 2.00 bits per heavy atom. The lowest BCUT2D eigenvalue weighted by Gasteiger charge is -2.33. The molecule has 2 aliphatic heterocycles. The van der Waals surface area contributed by atoms with E-state index >= 15 is 0 Å². The summed E-state index contributed by atoms with van der Waals surface area (Å²) in [5.74, 6) is 0.265. The molecule has 2 saturated heterocycles. The molecule has 2 rings (SSSR count). The first kappa shape index (κ1) is 18.0. The smallest absolute Gasteiger partial charge is 0.315 e. The summed E-state index contributed by atoms with van der Waals surface area (Å²) in [6.45, 7) is 11.7. The molecular formula is C17H32N4O2. The van der Waals surface area contributed by atoms with Gasteiger partial charge in [0.05, 0.1) is 0 Å². The maximum atomic E-state index is 12.1. The van der Waals surface area contributed by atoms with Gasteiger partial charge in [0.1, 0.15) is 0 Å². The molecule has 3 amide bonds. The van der Waals surface area contributed by atoms with Gasteiger partial charge in [-0.05, 0) is 33.1 Å². The zero-order chi connectivity index (χ0) is 17.0. The molecule has 2 heterocycles. The van der Waals surface area contributed by atoms with Crippen molar-refractivity contribution < 1.29 is 9.59 Å². The summed E-state index contributed by atoms with van der Waals surface area (Å²) in [6.07, 6.45) is 2.70. The first-order valence-corrected chi connectivity index (χ1v) is 8.96. The lowest BCUT2D eigenvalue weighted by molar-refractivity contribution is -0.135. The minimum absolute atomic E-state index is 0.0501. The van der Waals surface area contributed by atoms with Gasteiger partial charge in [-0.25, -0.2) is 4.79 Å². The van der Waals surface area contributed by atoms with Crippen molar-refractivity contribution in [2.75, 3.05) is 26.2 Å². The summed E-state index contributed by atoms with van der Waals surface area (Å²) < 4.78 is 0. The van der Waals surface area contributed by atoms with Crippen molar-refractivity contribution in [2.24, 2.45) is 5.92 Å². The maximum absolute atomic E-state index is 12.1. The monoisotopic (exact) mass is 324 g/mol. The molecule has 2 N–H and O–H groups in total. The number of hydrogen-bond donors (Lipinski definition) is 2. The topological polar surface area (TPSA) is 64.7 Å². The lowest BCUT2D eigenvalue weighted by atomic mass is 10.0. The average molecular weight is 324 g/mol. The number of hydrogen-bond acceptors (Lipinski definition) is 3. The largest absolute Gasteiger partial charge is 0.342 e. The molecular weight excluding hydrogens is 292 g/mol. The highest BCUT2D eigenvalue weighted by Gasteiger charge is 2.28. The Bertz CT molecular complexity index is 417. The fourth-order valence-corrected chi connectivity index (χ4v) is 3.40. The second kappa shape index (κ2) is 7.99. The quantitative estimate of drug-likeness (QED) is 0.822. The van der Waals surface area contributed by atoms with Gasteiger partial charge < -0.3 is 15.5 Å². The Kier molecular flexibility index (Phi) is 6.27. The van der Waals surface area contributed by atoms with Gasteiger partial charge in [-0.3, -0.25) is 9.69 Å². The van der Waals surface area contributed by atoms with Crippen molar-refractivity contribution in [3.8, 4) is 0 Å². The first-order chi connectivity index (χ1) is 10.9. The zero-order valence-corrected chi connectivity index (χ0v) is 15.0. The molecule has 0 aromatic heterocycles. The van der Waals surface area contributed by atoms with Crippen molar-refractivity contribution in [1.29, 1.82) is 0 Å². The number of amides is 3. The van der Waals surface area contributed by atoms with Crippen LogP contribution >= 0.6 is 0 Å². The van der Waals surface area contributed by atoms with E-state index in [1.165, 1.54) is 0 Å². The van der Waals surface area contributed by atoms with Gasteiger partial charge in [0.15, 0.2) is 0 Å². The number of rotatable bonds is 4. The molecule has 0 spiro atoms. The van der Waals surface area contributed by atoms with Crippen LogP contribution in [0.4, 0.5) is 4.79 Å². The molecule has 2 fully saturated rings. The Balaban J connectivity index is 1.68. The SMILES string of the molecule is CC(C)C(=O)N1CCC(NC(=O)N[C@H]2CCN(C(C)C)C2)CC1. The van der Waals surface area contributed by atoms with E-state index in [0.717, 1.165) is 45.4 Å². The molecule has 0 bridgehead atoms. The standard InChI is InChI=1S/C17H32N4O2/c1-12(2)16(22)20-8-5-14(6-9-20)18-17(23)19-15-7-10-21(11-15)13(3)4/h12-15H,5-11H2,1-4H3,(H2,18,19,23)/t15-/m0/s1. The normalized spacial score (nSPS) is 23.6. The number of carbonyl (C=O) groups is 2. The number of nitrogens with zero attached hydrogens (tertiary/aromatic N) is 2. The molecule has 0 aliphatic carbocycles. The van der Waals surface area contributed by atoms with E-state index in [1.807, 2.05) is 18.7 Å². The van der Waals surface area contributed by atoms with Crippen LogP contribution in [0.2, 0.25) is 0 Å². The summed E-state index contributed by atoms with van der Waals surface area (Å²) in [4.78, 5) is 28.4. The molecule has 0 saturated carbocycles. The van der Waals surface area contributed by atoms with Gasteiger partial charge in [-0.15, -0.1) is 0 Å². The molecule has 0 radical (unpaired) electrons. The van der Waals surface area contributed by atoms with Gasteiger partial charge in [-0.1, -0.05) is 13.8 Å². The van der Waals surface area contributed by atoms with Crippen LogP contribution in [0.25, 0.3) is 0 Å². The number of piperidine rings is 1. The maximum Gasteiger partial charge on any atom is 0.315 e. The van der Waals surface area contributed by atoms with E-state index in [0.29, 0.717) is 6.04 Å². The third kappa shape index (κ3) is 5.09. The Hall–Kier alpha value is -1.30. The van der Waals surface area contributed by atoms with Crippen LogP contribution in [0, 0.1) is 5.92 Å². The Morgan fingerprint density at radius 2 is 1.48 bits per heavy atom. The molecule has 1 atom stereocenters. The summed E-state index contributed by atoms with van der Waals surface area (Å²) in [5.41, 5.74) is 0. The van der Waals surface area contributed by atoms with Gasteiger partial charge in [0, 0.05) is 50.2 Å². The van der Waals surface area contributed by atoms with Crippen LogP contribution in [0.5, 0.6) is 0 Å². The highest BCUT2D eigenvalue weighted by atomic mass is 16.2. The highest BCUT2D eigenvalue weighted by molar-refractivity contribution is 5.78. The first-order valence-electron chi connectivity index (χ1n) is 8.96. The summed E-state index contributed by atoms with van der Waals surface area (Å²) in [7, 11) is 0. The molecule has 0 aromatic rings. The molecule has 23 heavy (non-hydrogen) atoms. The zero-order valence-electron chi connectivity index (χ0n) is 15.0. The fraction of sp³-hybridized carbons (Fsp3) is 0.882. The predicted octanol–water partition coefficient (Wildman–Crippen LogP) is 1.42. The van der Waals surface area contributed by atoms with Crippen LogP contribution < -0.4 is 10.6 Å². The van der Waals surface area contributed by atoms with Crippen molar-refractivity contribution >= 4 is 11.9 Å². The lowest BCUT2D eigenvalue weighted by Crippen LogP contribution is -2.51. The van der Waals surface area contributed by atoms with Gasteiger partial charge in [0.2, 0.25) is 5.91 Å². The van der Waals surface area contributed by atoms with Crippen LogP contribution in [0.1, 0.15) is 47.0 Å². The minimum atomic E-state index is -0.0609. The summed E-state index contributed by atoms with van der Waals surface area (Å²) >= 11 is 0.